The van der Waals surface area contributed by atoms with Crippen molar-refractivity contribution in [2.24, 2.45) is 0 Å². The summed E-state index contributed by atoms with van der Waals surface area (Å²) in [5, 5.41) is 3.01. The second-order valence-electron chi connectivity index (χ2n) is 3.74. The van der Waals surface area contributed by atoms with Crippen molar-refractivity contribution in [1.29, 1.82) is 0 Å². The van der Waals surface area contributed by atoms with Crippen molar-refractivity contribution in [2.75, 3.05) is 11.9 Å². The highest BCUT2D eigenvalue weighted by molar-refractivity contribution is 9.10. The molecule has 0 spiro atoms. The first-order valence-corrected chi connectivity index (χ1v) is 6.24. The fourth-order valence-electron chi connectivity index (χ4n) is 1.57. The molecule has 0 atom stereocenters. The predicted molar refractivity (Wildman–Crippen MR) is 70.5 cm³/mol. The summed E-state index contributed by atoms with van der Waals surface area (Å²) in [5.41, 5.74) is 0.0992. The zero-order valence-corrected chi connectivity index (χ0v) is 11.0. The summed E-state index contributed by atoms with van der Waals surface area (Å²) >= 11 is 3.28. The van der Waals surface area contributed by atoms with Crippen molar-refractivity contribution in [3.63, 3.8) is 0 Å². The Labute approximate surface area is 112 Å². The Bertz CT molecular complexity index is 509. The molecular formula is C13H11BrF2N2. The molecule has 5 heteroatoms. The molecule has 0 amide bonds. The van der Waals surface area contributed by atoms with Crippen molar-refractivity contribution in [2.45, 2.75) is 6.42 Å². The molecule has 18 heavy (non-hydrogen) atoms. The van der Waals surface area contributed by atoms with Crippen LogP contribution in [0.4, 0.5) is 14.6 Å². The van der Waals surface area contributed by atoms with Crippen molar-refractivity contribution in [3.8, 4) is 0 Å². The number of hydrogen-bond acceptors (Lipinski definition) is 2. The van der Waals surface area contributed by atoms with E-state index in [0.717, 1.165) is 4.47 Å². The quantitative estimate of drug-likeness (QED) is 0.929. The van der Waals surface area contributed by atoms with Crippen molar-refractivity contribution in [3.05, 3.63) is 58.2 Å². The molecule has 0 unspecified atom stereocenters. The van der Waals surface area contributed by atoms with E-state index >= 15 is 0 Å². The molecule has 0 saturated carbocycles. The first-order valence-electron chi connectivity index (χ1n) is 5.45. The lowest BCUT2D eigenvalue weighted by Gasteiger charge is -2.07. The topological polar surface area (TPSA) is 24.9 Å². The van der Waals surface area contributed by atoms with Gasteiger partial charge in [-0.05, 0) is 46.6 Å². The van der Waals surface area contributed by atoms with Gasteiger partial charge in [0.25, 0.3) is 0 Å². The highest BCUT2D eigenvalue weighted by Gasteiger charge is 2.07. The molecule has 0 aliphatic carbocycles. The van der Waals surface area contributed by atoms with Crippen LogP contribution in [-0.4, -0.2) is 11.5 Å². The Kier molecular flexibility index (Phi) is 4.25. The van der Waals surface area contributed by atoms with Crippen LogP contribution in [0.15, 0.2) is 41.0 Å². The Morgan fingerprint density at radius 3 is 2.44 bits per heavy atom. The molecule has 2 nitrogen and oxygen atoms in total. The molecule has 0 radical (unpaired) electrons. The van der Waals surface area contributed by atoms with E-state index in [1.165, 1.54) is 18.2 Å². The van der Waals surface area contributed by atoms with Crippen LogP contribution in [0.25, 0.3) is 0 Å². The Hall–Kier alpha value is -1.49. The second-order valence-corrected chi connectivity index (χ2v) is 4.65. The van der Waals surface area contributed by atoms with Crippen molar-refractivity contribution >= 4 is 21.7 Å². The van der Waals surface area contributed by atoms with Crippen LogP contribution in [0.3, 0.4) is 0 Å². The average Bonchev–Trinajstić information content (AvgIpc) is 2.35. The number of rotatable bonds is 4. The molecular weight excluding hydrogens is 302 g/mol. The number of nitrogens with one attached hydrogen (secondary N) is 1. The van der Waals surface area contributed by atoms with Gasteiger partial charge in [-0.25, -0.2) is 13.8 Å². The molecule has 0 saturated heterocycles. The lowest BCUT2D eigenvalue weighted by molar-refractivity contribution is 0.557. The van der Waals surface area contributed by atoms with E-state index in [0.29, 0.717) is 12.4 Å². The third kappa shape index (κ3) is 3.26. The normalized spacial score (nSPS) is 10.4. The number of pyridine rings is 1. The molecule has 2 aromatic rings. The van der Waals surface area contributed by atoms with E-state index in [4.69, 9.17) is 0 Å². The summed E-state index contributed by atoms with van der Waals surface area (Å²) in [7, 11) is 0. The lowest BCUT2D eigenvalue weighted by Crippen LogP contribution is -2.08. The summed E-state index contributed by atoms with van der Waals surface area (Å²) in [4.78, 5) is 4.11. The SMILES string of the molecule is Fc1cccc(F)c1CCNc1ccc(Br)cn1. The molecule has 0 fully saturated rings. The predicted octanol–water partition coefficient (Wildman–Crippen LogP) is 3.78. The van der Waals surface area contributed by atoms with E-state index in [-0.39, 0.29) is 12.0 Å². The maximum absolute atomic E-state index is 13.3. The molecule has 94 valence electrons. The molecule has 0 aliphatic rings. The first kappa shape index (κ1) is 13.0. The van der Waals surface area contributed by atoms with Gasteiger partial charge in [-0.15, -0.1) is 0 Å². The highest BCUT2D eigenvalue weighted by Crippen LogP contribution is 2.14. The van der Waals surface area contributed by atoms with Gasteiger partial charge >= 0.3 is 0 Å². The van der Waals surface area contributed by atoms with E-state index in [1.54, 1.807) is 12.3 Å². The van der Waals surface area contributed by atoms with Gasteiger partial charge < -0.3 is 5.32 Å². The van der Waals surface area contributed by atoms with Crippen LogP contribution in [0.2, 0.25) is 0 Å². The van der Waals surface area contributed by atoms with Crippen LogP contribution >= 0.6 is 15.9 Å². The highest BCUT2D eigenvalue weighted by atomic mass is 79.9. The van der Waals surface area contributed by atoms with E-state index in [2.05, 4.69) is 26.2 Å². The number of anilines is 1. The van der Waals surface area contributed by atoms with Gasteiger partial charge in [-0.3, -0.25) is 0 Å². The first-order chi connectivity index (χ1) is 8.66. The number of halogens is 3. The van der Waals surface area contributed by atoms with Gasteiger partial charge in [0.2, 0.25) is 0 Å². The van der Waals surface area contributed by atoms with E-state index in [9.17, 15) is 8.78 Å². The molecule has 0 aliphatic heterocycles. The Morgan fingerprint density at radius 2 is 1.83 bits per heavy atom. The minimum absolute atomic E-state index is 0.0992. The largest absolute Gasteiger partial charge is 0.370 e. The van der Waals surface area contributed by atoms with Gasteiger partial charge in [0.05, 0.1) is 0 Å². The fraction of sp³-hybridized carbons (Fsp3) is 0.154. The molecule has 2 rings (SSSR count). The summed E-state index contributed by atoms with van der Waals surface area (Å²) < 4.78 is 27.6. The van der Waals surface area contributed by atoms with E-state index < -0.39 is 11.6 Å². The van der Waals surface area contributed by atoms with Gasteiger partial charge in [0, 0.05) is 22.8 Å². The molecule has 1 aromatic carbocycles. The average molecular weight is 313 g/mol. The van der Waals surface area contributed by atoms with Crippen LogP contribution in [0.1, 0.15) is 5.56 Å². The third-order valence-corrected chi connectivity index (χ3v) is 2.94. The maximum Gasteiger partial charge on any atom is 0.129 e. The Balaban J connectivity index is 1.94. The maximum atomic E-state index is 13.3. The van der Waals surface area contributed by atoms with Crippen molar-refractivity contribution in [1.82, 2.24) is 4.98 Å². The number of aromatic nitrogens is 1. The van der Waals surface area contributed by atoms with E-state index in [1.807, 2.05) is 6.07 Å². The number of hydrogen-bond donors (Lipinski definition) is 1. The lowest BCUT2D eigenvalue weighted by atomic mass is 10.1. The number of benzene rings is 1. The zero-order chi connectivity index (χ0) is 13.0. The fourth-order valence-corrected chi connectivity index (χ4v) is 1.80. The van der Waals surface area contributed by atoms with Gasteiger partial charge in [0.1, 0.15) is 17.5 Å². The monoisotopic (exact) mass is 312 g/mol. The smallest absolute Gasteiger partial charge is 0.129 e. The van der Waals surface area contributed by atoms with Crippen molar-refractivity contribution < 1.29 is 8.78 Å². The molecule has 1 N–H and O–H groups in total. The minimum Gasteiger partial charge on any atom is -0.370 e. The molecule has 1 heterocycles. The number of nitrogens with zero attached hydrogens (tertiary/aromatic N) is 1. The summed E-state index contributed by atoms with van der Waals surface area (Å²) in [6.45, 7) is 0.423. The standard InChI is InChI=1S/C13H11BrF2N2/c14-9-4-5-13(18-8-9)17-7-6-10-11(15)2-1-3-12(10)16/h1-5,8H,6-7H2,(H,17,18). The summed E-state index contributed by atoms with van der Waals surface area (Å²) in [6.07, 6.45) is 1.93. The van der Waals surface area contributed by atoms with Crippen LogP contribution in [0, 0.1) is 11.6 Å². The zero-order valence-electron chi connectivity index (χ0n) is 9.46. The third-order valence-electron chi connectivity index (χ3n) is 2.47. The van der Waals surface area contributed by atoms with Gasteiger partial charge in [-0.2, -0.15) is 0 Å². The molecule has 0 bridgehead atoms. The van der Waals surface area contributed by atoms with Gasteiger partial charge in [0.15, 0.2) is 0 Å². The Morgan fingerprint density at radius 1 is 1.11 bits per heavy atom. The summed E-state index contributed by atoms with van der Waals surface area (Å²) in [5.74, 6) is -0.351. The van der Waals surface area contributed by atoms with Crippen LogP contribution in [-0.2, 0) is 6.42 Å². The van der Waals surface area contributed by atoms with Crippen LogP contribution in [0.5, 0.6) is 0 Å². The second kappa shape index (κ2) is 5.91. The summed E-state index contributed by atoms with van der Waals surface area (Å²) in [6, 6.07) is 7.52. The minimum atomic E-state index is -0.513. The van der Waals surface area contributed by atoms with Gasteiger partial charge in [-0.1, -0.05) is 6.07 Å². The van der Waals surface area contributed by atoms with Crippen LogP contribution < -0.4 is 5.32 Å². The molecule has 1 aromatic heterocycles.